The van der Waals surface area contributed by atoms with Crippen LogP contribution in [0.3, 0.4) is 0 Å². The van der Waals surface area contributed by atoms with Gasteiger partial charge in [-0.05, 0) is 36.4 Å². The first-order chi connectivity index (χ1) is 9.02. The van der Waals surface area contributed by atoms with Crippen LogP contribution in [0.5, 0.6) is 5.75 Å². The molecule has 0 fully saturated rings. The van der Waals surface area contributed by atoms with E-state index in [1.165, 1.54) is 25.3 Å². The van der Waals surface area contributed by atoms with Crippen molar-refractivity contribution < 1.29 is 13.9 Å². The van der Waals surface area contributed by atoms with Crippen molar-refractivity contribution in [2.75, 3.05) is 7.11 Å². The number of hydrogen-bond donors (Lipinski definition) is 0. The van der Waals surface area contributed by atoms with Crippen LogP contribution in [0.2, 0.25) is 10.0 Å². The Morgan fingerprint density at radius 2 is 1.63 bits per heavy atom. The SMILES string of the molecule is COc1ccc(C(=O)c2ccc(F)c(Cl)c2)cc1Cl. The summed E-state index contributed by atoms with van der Waals surface area (Å²) in [4.78, 5) is 12.2. The van der Waals surface area contributed by atoms with Crippen molar-refractivity contribution in [3.63, 3.8) is 0 Å². The summed E-state index contributed by atoms with van der Waals surface area (Å²) in [5, 5.41) is 0.243. The minimum Gasteiger partial charge on any atom is -0.495 e. The van der Waals surface area contributed by atoms with E-state index in [0.29, 0.717) is 21.9 Å². The highest BCUT2D eigenvalue weighted by Gasteiger charge is 2.13. The van der Waals surface area contributed by atoms with Gasteiger partial charge >= 0.3 is 0 Å². The van der Waals surface area contributed by atoms with E-state index in [0.717, 1.165) is 6.07 Å². The van der Waals surface area contributed by atoms with Gasteiger partial charge in [-0.3, -0.25) is 4.79 Å². The molecule has 0 aromatic heterocycles. The van der Waals surface area contributed by atoms with E-state index in [1.807, 2.05) is 0 Å². The number of carbonyl (C=O) groups is 1. The van der Waals surface area contributed by atoms with Crippen LogP contribution in [-0.2, 0) is 0 Å². The monoisotopic (exact) mass is 298 g/mol. The van der Waals surface area contributed by atoms with Crippen LogP contribution in [0, 0.1) is 5.82 Å². The molecule has 0 bridgehead atoms. The van der Waals surface area contributed by atoms with Crippen molar-refractivity contribution >= 4 is 29.0 Å². The highest BCUT2D eigenvalue weighted by atomic mass is 35.5. The summed E-state index contributed by atoms with van der Waals surface area (Å²) >= 11 is 11.6. The van der Waals surface area contributed by atoms with Gasteiger partial charge in [0, 0.05) is 11.1 Å². The van der Waals surface area contributed by atoms with E-state index >= 15 is 0 Å². The normalized spacial score (nSPS) is 10.3. The van der Waals surface area contributed by atoms with Crippen molar-refractivity contribution in [3.05, 3.63) is 63.4 Å². The van der Waals surface area contributed by atoms with Crippen molar-refractivity contribution in [1.29, 1.82) is 0 Å². The van der Waals surface area contributed by atoms with Crippen LogP contribution in [-0.4, -0.2) is 12.9 Å². The predicted octanol–water partition coefficient (Wildman–Crippen LogP) is 4.37. The van der Waals surface area contributed by atoms with Crippen LogP contribution >= 0.6 is 23.2 Å². The molecule has 0 saturated heterocycles. The van der Waals surface area contributed by atoms with Gasteiger partial charge in [0.25, 0.3) is 0 Å². The summed E-state index contributed by atoms with van der Waals surface area (Å²) in [6.07, 6.45) is 0. The van der Waals surface area contributed by atoms with Gasteiger partial charge in [0.05, 0.1) is 17.2 Å². The molecule has 0 radical (unpaired) electrons. The smallest absolute Gasteiger partial charge is 0.193 e. The Kier molecular flexibility index (Phi) is 4.08. The van der Waals surface area contributed by atoms with Gasteiger partial charge in [0.15, 0.2) is 5.78 Å². The highest BCUT2D eigenvalue weighted by molar-refractivity contribution is 6.33. The molecule has 5 heteroatoms. The van der Waals surface area contributed by atoms with Gasteiger partial charge in [-0.15, -0.1) is 0 Å². The van der Waals surface area contributed by atoms with E-state index in [2.05, 4.69) is 0 Å². The number of rotatable bonds is 3. The molecule has 0 amide bonds. The molecule has 2 aromatic rings. The van der Waals surface area contributed by atoms with Gasteiger partial charge in [-0.25, -0.2) is 4.39 Å². The molecule has 0 saturated carbocycles. The number of benzene rings is 2. The lowest BCUT2D eigenvalue weighted by Gasteiger charge is -2.06. The summed E-state index contributed by atoms with van der Waals surface area (Å²) in [5.41, 5.74) is 0.682. The summed E-state index contributed by atoms with van der Waals surface area (Å²) < 4.78 is 18.1. The molecule has 2 aromatic carbocycles. The molecule has 0 atom stereocenters. The first-order valence-electron chi connectivity index (χ1n) is 5.36. The van der Waals surface area contributed by atoms with E-state index < -0.39 is 5.82 Å². The lowest BCUT2D eigenvalue weighted by Crippen LogP contribution is -2.02. The standard InChI is InChI=1S/C14H9Cl2FO2/c1-19-13-5-3-9(7-11(13)16)14(18)8-2-4-12(17)10(15)6-8/h2-7H,1H3. The van der Waals surface area contributed by atoms with Gasteiger partial charge in [0.1, 0.15) is 11.6 Å². The minimum absolute atomic E-state index is 0.0922. The van der Waals surface area contributed by atoms with Crippen LogP contribution in [0.25, 0.3) is 0 Å². The second-order valence-corrected chi connectivity index (χ2v) is 4.62. The third-order valence-corrected chi connectivity index (χ3v) is 3.18. The Balaban J connectivity index is 2.38. The summed E-state index contributed by atoms with van der Waals surface area (Å²) in [6.45, 7) is 0. The van der Waals surface area contributed by atoms with Crippen molar-refractivity contribution in [3.8, 4) is 5.75 Å². The van der Waals surface area contributed by atoms with Crippen molar-refractivity contribution in [2.24, 2.45) is 0 Å². The maximum absolute atomic E-state index is 13.0. The van der Waals surface area contributed by atoms with Crippen LogP contribution in [0.4, 0.5) is 4.39 Å². The quantitative estimate of drug-likeness (QED) is 0.787. The number of hydrogen-bond acceptors (Lipinski definition) is 2. The molecular weight excluding hydrogens is 290 g/mol. The number of methoxy groups -OCH3 is 1. The highest BCUT2D eigenvalue weighted by Crippen LogP contribution is 2.26. The van der Waals surface area contributed by atoms with Crippen LogP contribution < -0.4 is 4.74 Å². The Labute approximate surface area is 119 Å². The summed E-state index contributed by atoms with van der Waals surface area (Å²) in [7, 11) is 1.49. The number of carbonyl (C=O) groups excluding carboxylic acids is 1. The molecule has 0 unspecified atom stereocenters. The molecule has 98 valence electrons. The molecule has 2 nitrogen and oxygen atoms in total. The van der Waals surface area contributed by atoms with Crippen LogP contribution in [0.15, 0.2) is 36.4 Å². The summed E-state index contributed by atoms with van der Waals surface area (Å²) in [6, 6.07) is 8.50. The van der Waals surface area contributed by atoms with E-state index in [4.69, 9.17) is 27.9 Å². The van der Waals surface area contributed by atoms with E-state index in [1.54, 1.807) is 12.1 Å². The molecule has 0 N–H and O–H groups in total. The third-order valence-electron chi connectivity index (χ3n) is 2.60. The molecule has 2 rings (SSSR count). The Bertz CT molecular complexity index is 641. The fraction of sp³-hybridized carbons (Fsp3) is 0.0714. The molecule has 19 heavy (non-hydrogen) atoms. The Morgan fingerprint density at radius 3 is 2.16 bits per heavy atom. The summed E-state index contributed by atoms with van der Waals surface area (Å²) in [5.74, 6) is -0.368. The van der Waals surface area contributed by atoms with Crippen LogP contribution in [0.1, 0.15) is 15.9 Å². The van der Waals surface area contributed by atoms with Crippen molar-refractivity contribution in [1.82, 2.24) is 0 Å². The van der Waals surface area contributed by atoms with E-state index in [-0.39, 0.29) is 10.8 Å². The molecular formula is C14H9Cl2FO2. The van der Waals surface area contributed by atoms with Gasteiger partial charge < -0.3 is 4.74 Å². The minimum atomic E-state index is -0.564. The largest absolute Gasteiger partial charge is 0.495 e. The molecule has 0 aliphatic rings. The Hall–Kier alpha value is -1.58. The maximum Gasteiger partial charge on any atom is 0.193 e. The van der Waals surface area contributed by atoms with Gasteiger partial charge in [0.2, 0.25) is 0 Å². The van der Waals surface area contributed by atoms with Gasteiger partial charge in [-0.2, -0.15) is 0 Å². The third kappa shape index (κ3) is 2.88. The van der Waals surface area contributed by atoms with Crippen molar-refractivity contribution in [2.45, 2.75) is 0 Å². The lowest BCUT2D eigenvalue weighted by atomic mass is 10.0. The second kappa shape index (κ2) is 5.59. The zero-order chi connectivity index (χ0) is 14.0. The number of ketones is 1. The number of halogens is 3. The fourth-order valence-corrected chi connectivity index (χ4v) is 2.05. The van der Waals surface area contributed by atoms with E-state index in [9.17, 15) is 9.18 Å². The molecule has 0 spiro atoms. The molecule has 0 heterocycles. The predicted molar refractivity (Wildman–Crippen MR) is 72.8 cm³/mol. The average Bonchev–Trinajstić information content (AvgIpc) is 2.41. The number of ether oxygens (including phenoxy) is 1. The first-order valence-corrected chi connectivity index (χ1v) is 6.12. The zero-order valence-electron chi connectivity index (χ0n) is 9.91. The fourth-order valence-electron chi connectivity index (χ4n) is 1.61. The second-order valence-electron chi connectivity index (χ2n) is 3.81. The zero-order valence-corrected chi connectivity index (χ0v) is 11.4. The topological polar surface area (TPSA) is 26.3 Å². The molecule has 0 aliphatic heterocycles. The lowest BCUT2D eigenvalue weighted by molar-refractivity contribution is 0.103. The first kappa shape index (κ1) is 13.8. The Morgan fingerprint density at radius 1 is 1.05 bits per heavy atom. The maximum atomic E-state index is 13.0. The average molecular weight is 299 g/mol. The molecule has 0 aliphatic carbocycles. The van der Waals surface area contributed by atoms with Gasteiger partial charge in [-0.1, -0.05) is 23.2 Å².